The molecule has 0 spiro atoms. The van der Waals surface area contributed by atoms with Gasteiger partial charge < -0.3 is 20.7 Å². The lowest BCUT2D eigenvalue weighted by molar-refractivity contribution is -0.118. The molecule has 6 nitrogen and oxygen atoms in total. The molecular weight excluding hydrogens is 306 g/mol. The van der Waals surface area contributed by atoms with Crippen LogP contribution in [0.1, 0.15) is 23.2 Å². The number of benzene rings is 1. The van der Waals surface area contributed by atoms with Crippen molar-refractivity contribution in [1.82, 2.24) is 10.6 Å². The van der Waals surface area contributed by atoms with Crippen molar-refractivity contribution in [3.63, 3.8) is 0 Å². The summed E-state index contributed by atoms with van der Waals surface area (Å²) in [5, 5.41) is 8.94. The van der Waals surface area contributed by atoms with Crippen molar-refractivity contribution in [3.8, 4) is 5.75 Å². The van der Waals surface area contributed by atoms with Crippen LogP contribution in [0.5, 0.6) is 5.75 Å². The van der Waals surface area contributed by atoms with Crippen LogP contribution in [0.2, 0.25) is 0 Å². The summed E-state index contributed by atoms with van der Waals surface area (Å²) in [5.74, 6) is 0.932. The highest BCUT2D eigenvalue weighted by Crippen LogP contribution is 2.28. The van der Waals surface area contributed by atoms with Gasteiger partial charge in [-0.3, -0.25) is 9.59 Å². The molecule has 1 unspecified atom stereocenters. The number of carbonyl (C=O) groups excluding carboxylic acids is 2. The maximum atomic E-state index is 12.1. The Hall–Kier alpha value is -1.79. The van der Waals surface area contributed by atoms with Gasteiger partial charge in [-0.1, -0.05) is 0 Å². The van der Waals surface area contributed by atoms with Crippen LogP contribution in [-0.4, -0.2) is 38.1 Å². The number of anilines is 1. The first-order chi connectivity index (χ1) is 10.2. The number of fused-ring (bicyclic) bond motifs is 1. The SMILES string of the molecule is Cl.O=C1COc2ccc(C(=O)NCCC3CCNC3)cc2N1. The van der Waals surface area contributed by atoms with Gasteiger partial charge in [0.05, 0.1) is 5.69 Å². The van der Waals surface area contributed by atoms with Crippen LogP contribution in [0.25, 0.3) is 0 Å². The Balaban J connectivity index is 0.00000176. The summed E-state index contributed by atoms with van der Waals surface area (Å²) >= 11 is 0. The maximum absolute atomic E-state index is 12.1. The van der Waals surface area contributed by atoms with E-state index < -0.39 is 0 Å². The lowest BCUT2D eigenvalue weighted by atomic mass is 10.1. The van der Waals surface area contributed by atoms with E-state index in [2.05, 4.69) is 16.0 Å². The fourth-order valence-corrected chi connectivity index (χ4v) is 2.68. The zero-order chi connectivity index (χ0) is 14.7. The molecule has 3 rings (SSSR count). The monoisotopic (exact) mass is 325 g/mol. The Kier molecular flexibility index (Phi) is 5.63. The predicted octanol–water partition coefficient (Wildman–Crippen LogP) is 1.17. The van der Waals surface area contributed by atoms with E-state index in [1.807, 2.05) is 0 Å². The number of carbonyl (C=O) groups is 2. The minimum atomic E-state index is -0.200. The Morgan fingerprint density at radius 1 is 1.41 bits per heavy atom. The highest BCUT2D eigenvalue weighted by molar-refractivity contribution is 5.99. The molecule has 0 radical (unpaired) electrons. The van der Waals surface area contributed by atoms with Gasteiger partial charge in [-0.2, -0.15) is 0 Å². The molecule has 1 aromatic carbocycles. The normalized spacial score (nSPS) is 19.5. The van der Waals surface area contributed by atoms with E-state index in [0.29, 0.717) is 29.5 Å². The van der Waals surface area contributed by atoms with Crippen molar-refractivity contribution in [3.05, 3.63) is 23.8 Å². The van der Waals surface area contributed by atoms with Gasteiger partial charge in [0.25, 0.3) is 11.8 Å². The van der Waals surface area contributed by atoms with E-state index in [4.69, 9.17) is 4.74 Å². The summed E-state index contributed by atoms with van der Waals surface area (Å²) in [7, 11) is 0. The first kappa shape index (κ1) is 16.6. The number of amides is 2. The van der Waals surface area contributed by atoms with Crippen molar-refractivity contribution in [1.29, 1.82) is 0 Å². The second-order valence-electron chi connectivity index (χ2n) is 5.45. The van der Waals surface area contributed by atoms with Crippen molar-refractivity contribution < 1.29 is 14.3 Å². The van der Waals surface area contributed by atoms with Crippen LogP contribution in [0.15, 0.2) is 18.2 Å². The molecular formula is C15H20ClN3O3. The van der Waals surface area contributed by atoms with Gasteiger partial charge in [0.2, 0.25) is 0 Å². The number of ether oxygens (including phenoxy) is 1. The molecule has 2 heterocycles. The van der Waals surface area contributed by atoms with E-state index >= 15 is 0 Å². The van der Waals surface area contributed by atoms with Crippen LogP contribution in [0.4, 0.5) is 5.69 Å². The van der Waals surface area contributed by atoms with E-state index in [-0.39, 0.29) is 30.8 Å². The molecule has 1 atom stereocenters. The number of hydrogen-bond donors (Lipinski definition) is 3. The Labute approximate surface area is 135 Å². The van der Waals surface area contributed by atoms with Crippen molar-refractivity contribution in [2.45, 2.75) is 12.8 Å². The largest absolute Gasteiger partial charge is 0.482 e. The van der Waals surface area contributed by atoms with Crippen LogP contribution in [0.3, 0.4) is 0 Å². The molecule has 1 saturated heterocycles. The number of nitrogens with one attached hydrogen (secondary N) is 3. The van der Waals surface area contributed by atoms with Crippen molar-refractivity contribution in [2.75, 3.05) is 31.6 Å². The second kappa shape index (κ2) is 7.47. The molecule has 0 saturated carbocycles. The Bertz CT molecular complexity index is 559. The zero-order valence-electron chi connectivity index (χ0n) is 12.2. The van der Waals surface area contributed by atoms with Crippen LogP contribution >= 0.6 is 12.4 Å². The lowest BCUT2D eigenvalue weighted by Crippen LogP contribution is -2.28. The maximum Gasteiger partial charge on any atom is 0.262 e. The van der Waals surface area contributed by atoms with Gasteiger partial charge >= 0.3 is 0 Å². The summed E-state index contributed by atoms with van der Waals surface area (Å²) in [6.45, 7) is 2.81. The summed E-state index contributed by atoms with van der Waals surface area (Å²) in [6.07, 6.45) is 2.17. The molecule has 3 N–H and O–H groups in total. The fraction of sp³-hybridized carbons (Fsp3) is 0.467. The average Bonchev–Trinajstić information content (AvgIpc) is 2.99. The van der Waals surface area contributed by atoms with Crippen LogP contribution in [0, 0.1) is 5.92 Å². The van der Waals surface area contributed by atoms with Gasteiger partial charge in [-0.25, -0.2) is 0 Å². The molecule has 2 amide bonds. The second-order valence-corrected chi connectivity index (χ2v) is 5.45. The minimum Gasteiger partial charge on any atom is -0.482 e. The number of hydrogen-bond acceptors (Lipinski definition) is 4. The number of rotatable bonds is 4. The van der Waals surface area contributed by atoms with E-state index in [1.54, 1.807) is 18.2 Å². The molecule has 0 aliphatic carbocycles. The third-order valence-corrected chi connectivity index (χ3v) is 3.88. The number of halogens is 1. The third kappa shape index (κ3) is 3.90. The minimum absolute atomic E-state index is 0. The molecule has 2 aliphatic rings. The molecule has 1 aromatic rings. The molecule has 0 aromatic heterocycles. The summed E-state index contributed by atoms with van der Waals surface area (Å²) in [5.41, 5.74) is 1.09. The molecule has 22 heavy (non-hydrogen) atoms. The Morgan fingerprint density at radius 3 is 3.05 bits per heavy atom. The predicted molar refractivity (Wildman–Crippen MR) is 85.7 cm³/mol. The van der Waals surface area contributed by atoms with Gasteiger partial charge in [-0.05, 0) is 50.0 Å². The molecule has 120 valence electrons. The molecule has 2 aliphatic heterocycles. The highest BCUT2D eigenvalue weighted by atomic mass is 35.5. The zero-order valence-corrected chi connectivity index (χ0v) is 13.0. The third-order valence-electron chi connectivity index (χ3n) is 3.88. The smallest absolute Gasteiger partial charge is 0.262 e. The van der Waals surface area contributed by atoms with E-state index in [0.717, 1.165) is 19.5 Å². The van der Waals surface area contributed by atoms with Gasteiger partial charge in [0, 0.05) is 12.1 Å². The van der Waals surface area contributed by atoms with Gasteiger partial charge in [0.15, 0.2) is 6.61 Å². The van der Waals surface area contributed by atoms with E-state index in [1.165, 1.54) is 6.42 Å². The lowest BCUT2D eigenvalue weighted by Gasteiger charge is -2.18. The van der Waals surface area contributed by atoms with Crippen molar-refractivity contribution >= 4 is 29.9 Å². The molecule has 1 fully saturated rings. The summed E-state index contributed by atoms with van der Waals surface area (Å²) < 4.78 is 5.27. The highest BCUT2D eigenvalue weighted by Gasteiger charge is 2.18. The summed E-state index contributed by atoms with van der Waals surface area (Å²) in [6, 6.07) is 5.08. The van der Waals surface area contributed by atoms with Gasteiger partial charge in [-0.15, -0.1) is 12.4 Å². The van der Waals surface area contributed by atoms with Crippen LogP contribution in [-0.2, 0) is 4.79 Å². The summed E-state index contributed by atoms with van der Waals surface area (Å²) in [4.78, 5) is 23.4. The van der Waals surface area contributed by atoms with Crippen molar-refractivity contribution in [2.24, 2.45) is 5.92 Å². The first-order valence-corrected chi connectivity index (χ1v) is 7.28. The quantitative estimate of drug-likeness (QED) is 0.776. The first-order valence-electron chi connectivity index (χ1n) is 7.28. The molecule has 0 bridgehead atoms. The van der Waals surface area contributed by atoms with E-state index in [9.17, 15) is 9.59 Å². The standard InChI is InChI=1S/C15H19N3O3.ClH/c19-14-9-21-13-2-1-11(7-12(13)18-14)15(20)17-6-4-10-3-5-16-8-10;/h1-2,7,10,16H,3-6,8-9H2,(H,17,20)(H,18,19);1H. The molecule has 7 heteroatoms. The average molecular weight is 326 g/mol. The Morgan fingerprint density at radius 2 is 2.27 bits per heavy atom. The fourth-order valence-electron chi connectivity index (χ4n) is 2.68. The van der Waals surface area contributed by atoms with Crippen LogP contribution < -0.4 is 20.7 Å². The van der Waals surface area contributed by atoms with Gasteiger partial charge in [0.1, 0.15) is 5.75 Å². The topological polar surface area (TPSA) is 79.5 Å².